The first kappa shape index (κ1) is 19.1. The molecule has 2 aromatic rings. The lowest BCUT2D eigenvalue weighted by atomic mass is 10.1. The van der Waals surface area contributed by atoms with Gasteiger partial charge in [0, 0.05) is 25.2 Å². The molecule has 2 amide bonds. The molecule has 142 valence electrons. The molecular formula is C19H21N3O4S. The quantitative estimate of drug-likeness (QED) is 0.772. The number of amides is 2. The van der Waals surface area contributed by atoms with Crippen molar-refractivity contribution < 1.29 is 18.0 Å². The van der Waals surface area contributed by atoms with Gasteiger partial charge in [0.25, 0.3) is 0 Å². The summed E-state index contributed by atoms with van der Waals surface area (Å²) in [4.78, 5) is 26.2. The van der Waals surface area contributed by atoms with Gasteiger partial charge in [-0.3, -0.25) is 9.59 Å². The minimum absolute atomic E-state index is 0.0556. The molecule has 0 radical (unpaired) electrons. The molecule has 1 atom stereocenters. The molecule has 1 aliphatic rings. The van der Waals surface area contributed by atoms with Crippen LogP contribution < -0.4 is 15.4 Å². The predicted molar refractivity (Wildman–Crippen MR) is 101 cm³/mol. The SMILES string of the molecule is NS(=O)(=O)c1ccc(CCNC(=O)[C@@H]2CC(=O)N(c3ccccc3)C2)cc1. The third-order valence-electron chi connectivity index (χ3n) is 4.53. The highest BCUT2D eigenvalue weighted by Crippen LogP contribution is 2.24. The maximum absolute atomic E-state index is 12.4. The van der Waals surface area contributed by atoms with Crippen molar-refractivity contribution in [3.05, 3.63) is 60.2 Å². The Kier molecular flexibility index (Phi) is 5.57. The number of hydrogen-bond donors (Lipinski definition) is 2. The summed E-state index contributed by atoms with van der Waals surface area (Å²) < 4.78 is 22.5. The third kappa shape index (κ3) is 4.72. The van der Waals surface area contributed by atoms with E-state index >= 15 is 0 Å². The highest BCUT2D eigenvalue weighted by molar-refractivity contribution is 7.89. The average Bonchev–Trinajstić information content (AvgIpc) is 3.04. The van der Waals surface area contributed by atoms with Crippen molar-refractivity contribution in [2.24, 2.45) is 11.1 Å². The lowest BCUT2D eigenvalue weighted by Crippen LogP contribution is -2.34. The van der Waals surface area contributed by atoms with E-state index in [9.17, 15) is 18.0 Å². The van der Waals surface area contributed by atoms with Crippen LogP contribution in [0.1, 0.15) is 12.0 Å². The van der Waals surface area contributed by atoms with Gasteiger partial charge in [0.1, 0.15) is 0 Å². The fourth-order valence-electron chi connectivity index (χ4n) is 3.06. The van der Waals surface area contributed by atoms with Crippen molar-refractivity contribution in [3.63, 3.8) is 0 Å². The van der Waals surface area contributed by atoms with Crippen molar-refractivity contribution in [3.8, 4) is 0 Å². The average molecular weight is 387 g/mol. The number of benzene rings is 2. The normalized spacial score (nSPS) is 17.1. The van der Waals surface area contributed by atoms with Gasteiger partial charge < -0.3 is 10.2 Å². The molecule has 8 heteroatoms. The second kappa shape index (κ2) is 7.89. The van der Waals surface area contributed by atoms with Crippen molar-refractivity contribution in [2.45, 2.75) is 17.7 Å². The fourth-order valence-corrected chi connectivity index (χ4v) is 3.58. The number of para-hydroxylation sites is 1. The van der Waals surface area contributed by atoms with Crippen molar-refractivity contribution in [1.29, 1.82) is 0 Å². The van der Waals surface area contributed by atoms with Gasteiger partial charge in [0.05, 0.1) is 10.8 Å². The van der Waals surface area contributed by atoms with Crippen LogP contribution in [0.2, 0.25) is 0 Å². The number of primary sulfonamides is 1. The van der Waals surface area contributed by atoms with E-state index in [-0.39, 0.29) is 29.0 Å². The largest absolute Gasteiger partial charge is 0.355 e. The van der Waals surface area contributed by atoms with E-state index in [1.54, 1.807) is 17.0 Å². The Morgan fingerprint density at radius 3 is 2.41 bits per heavy atom. The van der Waals surface area contributed by atoms with Crippen LogP contribution in [0.25, 0.3) is 0 Å². The topological polar surface area (TPSA) is 110 Å². The molecule has 1 heterocycles. The van der Waals surface area contributed by atoms with E-state index in [2.05, 4.69) is 5.32 Å². The number of sulfonamides is 1. The van der Waals surface area contributed by atoms with Gasteiger partial charge in [-0.1, -0.05) is 30.3 Å². The lowest BCUT2D eigenvalue weighted by molar-refractivity contribution is -0.126. The zero-order chi connectivity index (χ0) is 19.4. The molecule has 1 saturated heterocycles. The van der Waals surface area contributed by atoms with E-state index in [1.165, 1.54) is 12.1 Å². The summed E-state index contributed by atoms with van der Waals surface area (Å²) in [7, 11) is -3.70. The molecule has 0 aliphatic carbocycles. The van der Waals surface area contributed by atoms with Crippen LogP contribution in [-0.4, -0.2) is 33.3 Å². The van der Waals surface area contributed by atoms with Gasteiger partial charge in [0.15, 0.2) is 0 Å². The van der Waals surface area contributed by atoms with Crippen molar-refractivity contribution in [2.75, 3.05) is 18.0 Å². The number of nitrogens with one attached hydrogen (secondary N) is 1. The molecule has 0 aromatic heterocycles. The second-order valence-corrected chi connectivity index (χ2v) is 8.03. The number of nitrogens with zero attached hydrogens (tertiary/aromatic N) is 1. The summed E-state index contributed by atoms with van der Waals surface area (Å²) in [6.07, 6.45) is 0.753. The Balaban J connectivity index is 1.51. The Morgan fingerprint density at radius 1 is 1.11 bits per heavy atom. The van der Waals surface area contributed by atoms with E-state index in [1.807, 2.05) is 30.3 Å². The van der Waals surface area contributed by atoms with Gasteiger partial charge in [-0.15, -0.1) is 0 Å². The highest BCUT2D eigenvalue weighted by Gasteiger charge is 2.34. The number of carbonyl (C=O) groups is 2. The molecule has 7 nitrogen and oxygen atoms in total. The van der Waals surface area contributed by atoms with Gasteiger partial charge >= 0.3 is 0 Å². The monoisotopic (exact) mass is 387 g/mol. The molecule has 27 heavy (non-hydrogen) atoms. The molecule has 1 aliphatic heterocycles. The van der Waals surface area contributed by atoms with Crippen LogP contribution in [-0.2, 0) is 26.0 Å². The van der Waals surface area contributed by atoms with Crippen LogP contribution in [0, 0.1) is 5.92 Å². The van der Waals surface area contributed by atoms with E-state index < -0.39 is 10.0 Å². The molecule has 1 fully saturated rings. The lowest BCUT2D eigenvalue weighted by Gasteiger charge is -2.16. The summed E-state index contributed by atoms with van der Waals surface area (Å²) in [5.74, 6) is -0.578. The van der Waals surface area contributed by atoms with Crippen molar-refractivity contribution in [1.82, 2.24) is 5.32 Å². The van der Waals surface area contributed by atoms with Crippen LogP contribution in [0.3, 0.4) is 0 Å². The molecule has 3 N–H and O–H groups in total. The summed E-state index contributed by atoms with van der Waals surface area (Å²) >= 11 is 0. The molecule has 0 bridgehead atoms. The van der Waals surface area contributed by atoms with Gasteiger partial charge in [-0.05, 0) is 36.2 Å². The third-order valence-corrected chi connectivity index (χ3v) is 5.46. The molecule has 3 rings (SSSR count). The molecule has 2 aromatic carbocycles. The van der Waals surface area contributed by atoms with E-state index in [4.69, 9.17) is 5.14 Å². The molecule has 0 spiro atoms. The van der Waals surface area contributed by atoms with Gasteiger partial charge in [-0.2, -0.15) is 0 Å². The number of anilines is 1. The number of carbonyl (C=O) groups excluding carboxylic acids is 2. The first-order valence-electron chi connectivity index (χ1n) is 8.59. The first-order valence-corrected chi connectivity index (χ1v) is 10.1. The van der Waals surface area contributed by atoms with Gasteiger partial charge in [-0.25, -0.2) is 13.6 Å². The fraction of sp³-hybridized carbons (Fsp3) is 0.263. The summed E-state index contributed by atoms with van der Waals surface area (Å²) in [6.45, 7) is 0.779. The molecule has 0 unspecified atom stereocenters. The molecule has 0 saturated carbocycles. The summed E-state index contributed by atoms with van der Waals surface area (Å²) in [6, 6.07) is 15.5. The summed E-state index contributed by atoms with van der Waals surface area (Å²) in [5.41, 5.74) is 1.68. The smallest absolute Gasteiger partial charge is 0.238 e. The summed E-state index contributed by atoms with van der Waals surface area (Å²) in [5, 5.41) is 7.91. The Labute approximate surface area is 158 Å². The number of hydrogen-bond acceptors (Lipinski definition) is 4. The first-order chi connectivity index (χ1) is 12.8. The predicted octanol–water partition coefficient (Wildman–Crippen LogP) is 1.05. The van der Waals surface area contributed by atoms with Crippen LogP contribution in [0.4, 0.5) is 5.69 Å². The highest BCUT2D eigenvalue weighted by atomic mass is 32.2. The zero-order valence-electron chi connectivity index (χ0n) is 14.7. The van der Waals surface area contributed by atoms with Gasteiger partial charge in [0.2, 0.25) is 21.8 Å². The van der Waals surface area contributed by atoms with Crippen LogP contribution in [0.15, 0.2) is 59.5 Å². The van der Waals surface area contributed by atoms with E-state index in [0.29, 0.717) is 19.5 Å². The Bertz CT molecular complexity index is 927. The molecular weight excluding hydrogens is 366 g/mol. The number of nitrogens with two attached hydrogens (primary N) is 1. The van der Waals surface area contributed by atoms with Crippen molar-refractivity contribution >= 4 is 27.5 Å². The van der Waals surface area contributed by atoms with Crippen LogP contribution in [0.5, 0.6) is 0 Å². The minimum atomic E-state index is -3.70. The number of rotatable bonds is 6. The Morgan fingerprint density at radius 2 is 1.78 bits per heavy atom. The zero-order valence-corrected chi connectivity index (χ0v) is 15.5. The second-order valence-electron chi connectivity index (χ2n) is 6.47. The minimum Gasteiger partial charge on any atom is -0.355 e. The maximum Gasteiger partial charge on any atom is 0.238 e. The van der Waals surface area contributed by atoms with Crippen LogP contribution >= 0.6 is 0 Å². The standard InChI is InChI=1S/C19H21N3O4S/c20-27(25,26)17-8-6-14(7-9-17)10-11-21-19(24)15-12-18(23)22(13-15)16-4-2-1-3-5-16/h1-9,15H,10-13H2,(H,21,24)(H2,20,25,26)/t15-/m1/s1. The van der Waals surface area contributed by atoms with E-state index in [0.717, 1.165) is 11.3 Å². The maximum atomic E-state index is 12.4. The Hall–Kier alpha value is -2.71.